The maximum Gasteiger partial charge on any atom is 0.216 e. The highest BCUT2D eigenvalue weighted by atomic mass is 16.3. The van der Waals surface area contributed by atoms with Crippen LogP contribution < -0.4 is 4.57 Å². The molecular formula is C31H29N2O+. The lowest BCUT2D eigenvalue weighted by atomic mass is 9.92. The van der Waals surface area contributed by atoms with E-state index < -0.39 is 19.6 Å². The lowest BCUT2D eigenvalue weighted by Crippen LogP contribution is -2.36. The molecule has 0 fully saturated rings. The fourth-order valence-electron chi connectivity index (χ4n) is 4.54. The van der Waals surface area contributed by atoms with Crippen LogP contribution in [0.3, 0.4) is 0 Å². The van der Waals surface area contributed by atoms with Crippen molar-refractivity contribution in [2.24, 2.45) is 7.05 Å². The summed E-state index contributed by atoms with van der Waals surface area (Å²) in [6.45, 7) is -1.18. The van der Waals surface area contributed by atoms with Gasteiger partial charge in [0.25, 0.3) is 0 Å². The van der Waals surface area contributed by atoms with Crippen molar-refractivity contribution in [2.45, 2.75) is 40.4 Å². The van der Waals surface area contributed by atoms with Crippen molar-refractivity contribution in [3.8, 4) is 28.5 Å². The Hall–Kier alpha value is -3.90. The zero-order chi connectivity index (χ0) is 30.9. The summed E-state index contributed by atoms with van der Waals surface area (Å²) in [5, 5.41) is 11.3. The first kappa shape index (κ1) is 14.4. The monoisotopic (exact) mass is 453 g/mol. The minimum Gasteiger partial charge on any atom is -0.455 e. The minimum absolute atomic E-state index is 0.218. The van der Waals surface area contributed by atoms with Crippen LogP contribution in [0.1, 0.15) is 58.6 Å². The first-order chi connectivity index (χ1) is 19.5. The van der Waals surface area contributed by atoms with Crippen LogP contribution >= 0.6 is 0 Å². The van der Waals surface area contributed by atoms with Gasteiger partial charge in [-0.05, 0) is 54.1 Å². The molecular weight excluding hydrogens is 416 g/mol. The Balaban J connectivity index is 1.94. The molecule has 168 valence electrons. The van der Waals surface area contributed by atoms with Crippen LogP contribution in [0.4, 0.5) is 0 Å². The van der Waals surface area contributed by atoms with Gasteiger partial charge in [0.2, 0.25) is 5.69 Å². The lowest BCUT2D eigenvalue weighted by molar-refractivity contribution is -0.667. The topological polar surface area (TPSA) is 40.8 Å². The Bertz CT molecular complexity index is 1930. The molecule has 0 saturated heterocycles. The van der Waals surface area contributed by atoms with E-state index in [0.29, 0.717) is 38.6 Å². The average Bonchev–Trinajstić information content (AvgIpc) is 3.28. The number of hydrogen-bond acceptors (Lipinski definition) is 2. The number of hydrogen-bond donors (Lipinski definition) is 0. The van der Waals surface area contributed by atoms with Gasteiger partial charge >= 0.3 is 0 Å². The number of nitriles is 1. The third-order valence-corrected chi connectivity index (χ3v) is 6.48. The van der Waals surface area contributed by atoms with Crippen LogP contribution in [0.15, 0.2) is 65.1 Å². The molecule has 3 heteroatoms. The van der Waals surface area contributed by atoms with Gasteiger partial charge in [0, 0.05) is 38.9 Å². The molecule has 34 heavy (non-hydrogen) atoms. The number of aromatic nitrogens is 1. The van der Waals surface area contributed by atoms with E-state index in [1.54, 1.807) is 24.6 Å². The van der Waals surface area contributed by atoms with Gasteiger partial charge in [0.1, 0.15) is 18.2 Å². The maximum absolute atomic E-state index is 10.1. The first-order valence-electron chi connectivity index (χ1n) is 15.0. The summed E-state index contributed by atoms with van der Waals surface area (Å²) in [5.41, 5.74) is 3.87. The molecule has 0 saturated carbocycles. The third kappa shape index (κ3) is 3.30. The van der Waals surface area contributed by atoms with Gasteiger partial charge in [-0.2, -0.15) is 9.83 Å². The third-order valence-electron chi connectivity index (χ3n) is 6.48. The highest BCUT2D eigenvalue weighted by Gasteiger charge is 2.26. The molecule has 5 rings (SSSR count). The summed E-state index contributed by atoms with van der Waals surface area (Å²) in [4.78, 5) is 0. The number of pyridine rings is 1. The lowest BCUT2D eigenvalue weighted by Gasteiger charge is -2.14. The molecule has 0 N–H and O–H groups in total. The van der Waals surface area contributed by atoms with Gasteiger partial charge in [-0.1, -0.05) is 56.2 Å². The zero-order valence-electron chi connectivity index (χ0n) is 27.5. The number of aryl methyl sites for hydroxylation is 1. The average molecular weight is 454 g/mol. The Labute approximate surface area is 212 Å². The van der Waals surface area contributed by atoms with Crippen molar-refractivity contribution in [2.75, 3.05) is 0 Å². The van der Waals surface area contributed by atoms with Crippen molar-refractivity contribution in [3.63, 3.8) is 0 Å². The molecule has 0 aliphatic carbocycles. The number of nitrogens with zero attached hydrogens (tertiary/aromatic N) is 2. The molecule has 0 amide bonds. The van der Waals surface area contributed by atoms with Gasteiger partial charge in [-0.25, -0.2) is 0 Å². The van der Waals surface area contributed by atoms with Crippen LogP contribution in [0.25, 0.3) is 44.3 Å². The Morgan fingerprint density at radius 2 is 1.91 bits per heavy atom. The number of furan rings is 1. The van der Waals surface area contributed by atoms with E-state index in [2.05, 4.69) is 6.07 Å². The summed E-state index contributed by atoms with van der Waals surface area (Å²) in [5.74, 6) is -2.39. The van der Waals surface area contributed by atoms with Crippen LogP contribution in [0, 0.1) is 32.0 Å². The zero-order valence-corrected chi connectivity index (χ0v) is 19.5. The van der Waals surface area contributed by atoms with Crippen molar-refractivity contribution >= 4 is 21.9 Å². The fraction of sp³-hybridized carbons (Fsp3) is 0.226. The van der Waals surface area contributed by atoms with E-state index in [1.807, 2.05) is 55.5 Å². The van der Waals surface area contributed by atoms with Crippen molar-refractivity contribution < 1.29 is 20.0 Å². The van der Waals surface area contributed by atoms with E-state index in [-0.39, 0.29) is 28.6 Å². The van der Waals surface area contributed by atoms with E-state index in [4.69, 9.17) is 14.0 Å². The van der Waals surface area contributed by atoms with Gasteiger partial charge in [0.15, 0.2) is 5.69 Å². The molecule has 2 heterocycles. The molecule has 0 spiro atoms. The summed E-state index contributed by atoms with van der Waals surface area (Å²) in [7, 11) is 1.62. The largest absolute Gasteiger partial charge is 0.455 e. The predicted octanol–water partition coefficient (Wildman–Crippen LogP) is 7.66. The standard InChI is InChI=1S/C31H29N2O/c1-18(2)26-16-27(33(6)21(5)20(26)4)29-19(3)12-13-25-30-24(17-32)14-23(15-28(30)34-31(25)29)22-10-8-7-9-11-22/h7-16,18H,1-6H3/q+1/i1D3,4D3,16D,18D. The summed E-state index contributed by atoms with van der Waals surface area (Å²) in [6, 6.07) is 18.8. The van der Waals surface area contributed by atoms with Gasteiger partial charge in [-0.15, -0.1) is 0 Å². The smallest absolute Gasteiger partial charge is 0.216 e. The second-order valence-corrected chi connectivity index (χ2v) is 8.60. The highest BCUT2D eigenvalue weighted by molar-refractivity contribution is 6.12. The summed E-state index contributed by atoms with van der Waals surface area (Å²) >= 11 is 0. The van der Waals surface area contributed by atoms with Gasteiger partial charge in [-0.3, -0.25) is 0 Å². The molecule has 0 bridgehead atoms. The molecule has 3 nitrogen and oxygen atoms in total. The number of rotatable bonds is 3. The van der Waals surface area contributed by atoms with Crippen LogP contribution in [-0.4, -0.2) is 0 Å². The highest BCUT2D eigenvalue weighted by Crippen LogP contribution is 2.40. The molecule has 0 radical (unpaired) electrons. The van der Waals surface area contributed by atoms with Crippen LogP contribution in [-0.2, 0) is 7.05 Å². The summed E-state index contributed by atoms with van der Waals surface area (Å²) < 4.78 is 75.0. The second-order valence-electron chi connectivity index (χ2n) is 8.60. The normalized spacial score (nSPS) is 17.4. The molecule has 2 aromatic heterocycles. The second kappa shape index (κ2) is 8.15. The van der Waals surface area contributed by atoms with Crippen molar-refractivity contribution in [3.05, 3.63) is 88.6 Å². The van der Waals surface area contributed by atoms with E-state index in [0.717, 1.165) is 18.1 Å². The molecule has 1 unspecified atom stereocenters. The number of fused-ring (bicyclic) bond motifs is 3. The first-order valence-corrected chi connectivity index (χ1v) is 11.0. The quantitative estimate of drug-likeness (QED) is 0.263. The molecule has 5 aromatic rings. The van der Waals surface area contributed by atoms with Crippen molar-refractivity contribution in [1.82, 2.24) is 0 Å². The van der Waals surface area contributed by atoms with E-state index in [9.17, 15) is 6.63 Å². The van der Waals surface area contributed by atoms with E-state index >= 15 is 0 Å². The van der Waals surface area contributed by atoms with Gasteiger partial charge in [0.05, 0.1) is 18.6 Å². The molecule has 0 aliphatic heterocycles. The van der Waals surface area contributed by atoms with Crippen molar-refractivity contribution in [1.29, 1.82) is 5.26 Å². The van der Waals surface area contributed by atoms with Gasteiger partial charge < -0.3 is 4.42 Å². The summed E-state index contributed by atoms with van der Waals surface area (Å²) in [6.07, 6.45) is 0. The fourth-order valence-corrected chi connectivity index (χ4v) is 4.54. The molecule has 0 aliphatic rings. The van der Waals surface area contributed by atoms with E-state index in [1.165, 1.54) is 0 Å². The minimum atomic E-state index is -2.91. The predicted molar refractivity (Wildman–Crippen MR) is 139 cm³/mol. The molecule has 1 atom stereocenters. The number of benzene rings is 3. The Kier molecular flexibility index (Phi) is 3.45. The van der Waals surface area contributed by atoms with Crippen LogP contribution in [0.2, 0.25) is 0 Å². The molecule has 3 aromatic carbocycles. The van der Waals surface area contributed by atoms with Crippen LogP contribution in [0.5, 0.6) is 0 Å². The SMILES string of the molecule is [2H]c1c(C([2H])(C)C([2H])([2H])[2H])c(C([2H])([2H])[2H])c(C)[n+](C)c1-c1c(C)ccc2c1oc1cc(-c3ccccc3)cc(C#N)c12. The Morgan fingerprint density at radius 3 is 2.62 bits per heavy atom. The maximum atomic E-state index is 10.1. The Morgan fingerprint density at radius 1 is 1.12 bits per heavy atom.